The van der Waals surface area contributed by atoms with E-state index in [9.17, 15) is 5.11 Å². The first kappa shape index (κ1) is 24.2. The van der Waals surface area contributed by atoms with E-state index in [0.717, 1.165) is 68.2 Å². The largest absolute Gasteiger partial charge is 0.396 e. The summed E-state index contributed by atoms with van der Waals surface area (Å²) in [6, 6.07) is 0. The molecule has 0 aromatic carbocycles. The van der Waals surface area contributed by atoms with E-state index in [2.05, 4.69) is 43.5 Å². The standard InChI is InChI=1S/C18H34N4O2.HI/c1-5-9-14(10-11-23)12-20-18(19-8-4)21-13-15-16(6-2)22-24-17(15)7-3;/h14,23H,5-13H2,1-4H3,(H2,19,20,21);1H. The van der Waals surface area contributed by atoms with Gasteiger partial charge in [0.25, 0.3) is 0 Å². The van der Waals surface area contributed by atoms with E-state index >= 15 is 0 Å². The number of nitrogens with zero attached hydrogens (tertiary/aromatic N) is 2. The molecule has 1 aromatic rings. The van der Waals surface area contributed by atoms with Gasteiger partial charge < -0.3 is 20.3 Å². The summed E-state index contributed by atoms with van der Waals surface area (Å²) in [6.45, 7) is 10.8. The number of aliphatic hydroxyl groups excluding tert-OH is 1. The van der Waals surface area contributed by atoms with Crippen molar-refractivity contribution < 1.29 is 9.63 Å². The Labute approximate surface area is 169 Å². The van der Waals surface area contributed by atoms with Gasteiger partial charge in [0.05, 0.1) is 12.2 Å². The summed E-state index contributed by atoms with van der Waals surface area (Å²) >= 11 is 0. The van der Waals surface area contributed by atoms with E-state index in [-0.39, 0.29) is 30.6 Å². The molecule has 25 heavy (non-hydrogen) atoms. The van der Waals surface area contributed by atoms with E-state index in [1.807, 2.05) is 0 Å². The second-order valence-electron chi connectivity index (χ2n) is 5.98. The first-order valence-corrected chi connectivity index (χ1v) is 9.29. The van der Waals surface area contributed by atoms with Crippen molar-refractivity contribution in [3.63, 3.8) is 0 Å². The lowest BCUT2D eigenvalue weighted by atomic mass is 10.0. The predicted octanol–water partition coefficient (Wildman–Crippen LogP) is 3.27. The molecule has 0 fully saturated rings. The minimum absolute atomic E-state index is 0. The molecule has 1 aromatic heterocycles. The Morgan fingerprint density at radius 1 is 1.16 bits per heavy atom. The Morgan fingerprint density at radius 3 is 2.48 bits per heavy atom. The quantitative estimate of drug-likeness (QED) is 0.265. The van der Waals surface area contributed by atoms with E-state index in [0.29, 0.717) is 12.5 Å². The fourth-order valence-corrected chi connectivity index (χ4v) is 2.80. The molecule has 1 rings (SSSR count). The lowest BCUT2D eigenvalue weighted by Gasteiger charge is -2.18. The highest BCUT2D eigenvalue weighted by Gasteiger charge is 2.13. The number of halogens is 1. The molecule has 1 atom stereocenters. The van der Waals surface area contributed by atoms with Gasteiger partial charge in [0.2, 0.25) is 0 Å². The Hall–Kier alpha value is -0.830. The zero-order valence-electron chi connectivity index (χ0n) is 16.1. The molecule has 0 saturated carbocycles. The molecule has 0 saturated heterocycles. The van der Waals surface area contributed by atoms with Crippen LogP contribution in [0.15, 0.2) is 9.52 Å². The maximum absolute atomic E-state index is 9.18. The fourth-order valence-electron chi connectivity index (χ4n) is 2.80. The molecule has 0 spiro atoms. The number of nitrogens with one attached hydrogen (secondary N) is 2. The van der Waals surface area contributed by atoms with Crippen molar-refractivity contribution in [3.8, 4) is 0 Å². The number of aromatic nitrogens is 1. The van der Waals surface area contributed by atoms with Gasteiger partial charge in [-0.1, -0.05) is 32.3 Å². The molecule has 0 aliphatic rings. The summed E-state index contributed by atoms with van der Waals surface area (Å²) in [4.78, 5) is 4.70. The Bertz CT molecular complexity index is 464. The zero-order valence-corrected chi connectivity index (χ0v) is 18.4. The van der Waals surface area contributed by atoms with E-state index in [1.54, 1.807) is 0 Å². The second-order valence-corrected chi connectivity index (χ2v) is 5.98. The monoisotopic (exact) mass is 466 g/mol. The smallest absolute Gasteiger partial charge is 0.191 e. The van der Waals surface area contributed by atoms with Gasteiger partial charge in [0, 0.05) is 31.7 Å². The van der Waals surface area contributed by atoms with E-state index in [1.165, 1.54) is 0 Å². The maximum Gasteiger partial charge on any atom is 0.191 e. The van der Waals surface area contributed by atoms with Crippen molar-refractivity contribution in [2.75, 3.05) is 19.7 Å². The lowest BCUT2D eigenvalue weighted by Crippen LogP contribution is -2.40. The molecule has 0 radical (unpaired) electrons. The summed E-state index contributed by atoms with van der Waals surface area (Å²) in [5, 5.41) is 20.0. The number of hydrogen-bond donors (Lipinski definition) is 3. The van der Waals surface area contributed by atoms with Gasteiger partial charge in [0.1, 0.15) is 5.76 Å². The number of guanidine groups is 1. The average Bonchev–Trinajstić information content (AvgIpc) is 2.99. The molecular weight excluding hydrogens is 431 g/mol. The van der Waals surface area contributed by atoms with Crippen LogP contribution in [0, 0.1) is 5.92 Å². The van der Waals surface area contributed by atoms with Crippen molar-refractivity contribution in [3.05, 3.63) is 17.0 Å². The van der Waals surface area contributed by atoms with Gasteiger partial charge in [-0.2, -0.15) is 0 Å². The van der Waals surface area contributed by atoms with Crippen LogP contribution in [0.3, 0.4) is 0 Å². The average molecular weight is 466 g/mol. The predicted molar refractivity (Wildman–Crippen MR) is 114 cm³/mol. The first-order chi connectivity index (χ1) is 11.7. The van der Waals surface area contributed by atoms with Gasteiger partial charge in [-0.3, -0.25) is 0 Å². The molecule has 3 N–H and O–H groups in total. The van der Waals surface area contributed by atoms with Gasteiger partial charge in [0.15, 0.2) is 5.96 Å². The number of aliphatic imine (C=N–C) groups is 1. The third kappa shape index (κ3) is 8.40. The van der Waals surface area contributed by atoms with Crippen LogP contribution in [-0.4, -0.2) is 35.9 Å². The van der Waals surface area contributed by atoms with Crippen LogP contribution >= 0.6 is 24.0 Å². The Morgan fingerprint density at radius 2 is 1.92 bits per heavy atom. The third-order valence-corrected chi connectivity index (χ3v) is 4.14. The highest BCUT2D eigenvalue weighted by molar-refractivity contribution is 14.0. The van der Waals surface area contributed by atoms with Crippen molar-refractivity contribution in [1.82, 2.24) is 15.8 Å². The molecule has 7 heteroatoms. The molecule has 0 bridgehead atoms. The molecule has 0 aliphatic carbocycles. The normalized spacial score (nSPS) is 12.6. The maximum atomic E-state index is 9.18. The molecule has 6 nitrogen and oxygen atoms in total. The fraction of sp³-hybridized carbons (Fsp3) is 0.778. The third-order valence-electron chi connectivity index (χ3n) is 4.14. The summed E-state index contributed by atoms with van der Waals surface area (Å²) in [7, 11) is 0. The Kier molecular flexibility index (Phi) is 13.9. The van der Waals surface area contributed by atoms with Crippen LogP contribution in [0.2, 0.25) is 0 Å². The zero-order chi connectivity index (χ0) is 17.8. The van der Waals surface area contributed by atoms with Crippen molar-refractivity contribution in [1.29, 1.82) is 0 Å². The number of aliphatic hydroxyl groups is 1. The summed E-state index contributed by atoms with van der Waals surface area (Å²) in [5.74, 6) is 2.20. The van der Waals surface area contributed by atoms with Crippen LogP contribution in [0.25, 0.3) is 0 Å². The number of rotatable bonds is 11. The second kappa shape index (κ2) is 14.4. The van der Waals surface area contributed by atoms with Crippen LogP contribution < -0.4 is 10.6 Å². The van der Waals surface area contributed by atoms with Crippen molar-refractivity contribution in [2.24, 2.45) is 10.9 Å². The SMILES string of the molecule is CCCC(CCO)CNC(=NCc1c(CC)noc1CC)NCC.I. The van der Waals surface area contributed by atoms with Crippen LogP contribution in [-0.2, 0) is 19.4 Å². The molecular formula is C18H35IN4O2. The minimum atomic E-state index is 0. The van der Waals surface area contributed by atoms with Crippen LogP contribution in [0.5, 0.6) is 0 Å². The molecule has 0 aliphatic heterocycles. The molecule has 0 amide bonds. The van der Waals surface area contributed by atoms with E-state index < -0.39 is 0 Å². The summed E-state index contributed by atoms with van der Waals surface area (Å²) < 4.78 is 5.40. The minimum Gasteiger partial charge on any atom is -0.396 e. The highest BCUT2D eigenvalue weighted by atomic mass is 127. The first-order valence-electron chi connectivity index (χ1n) is 9.29. The topological polar surface area (TPSA) is 82.7 Å². The summed E-state index contributed by atoms with van der Waals surface area (Å²) in [6.07, 6.45) is 4.75. The number of aryl methyl sites for hydroxylation is 2. The van der Waals surface area contributed by atoms with Crippen LogP contribution in [0.1, 0.15) is 64.0 Å². The van der Waals surface area contributed by atoms with Gasteiger partial charge >= 0.3 is 0 Å². The molecule has 1 unspecified atom stereocenters. The van der Waals surface area contributed by atoms with Crippen molar-refractivity contribution in [2.45, 2.75) is 66.3 Å². The Balaban J connectivity index is 0.00000576. The van der Waals surface area contributed by atoms with Gasteiger partial charge in [-0.15, -0.1) is 24.0 Å². The lowest BCUT2D eigenvalue weighted by molar-refractivity contribution is 0.251. The van der Waals surface area contributed by atoms with Gasteiger partial charge in [-0.05, 0) is 32.1 Å². The molecule has 146 valence electrons. The number of hydrogen-bond acceptors (Lipinski definition) is 4. The van der Waals surface area contributed by atoms with Crippen molar-refractivity contribution >= 4 is 29.9 Å². The molecule has 1 heterocycles. The van der Waals surface area contributed by atoms with Crippen LogP contribution in [0.4, 0.5) is 0 Å². The summed E-state index contributed by atoms with van der Waals surface area (Å²) in [5.41, 5.74) is 2.10. The highest BCUT2D eigenvalue weighted by Crippen LogP contribution is 2.16. The van der Waals surface area contributed by atoms with E-state index in [4.69, 9.17) is 9.52 Å². The van der Waals surface area contributed by atoms with Gasteiger partial charge in [-0.25, -0.2) is 4.99 Å².